The van der Waals surface area contributed by atoms with Gasteiger partial charge in [-0.3, -0.25) is 9.59 Å². The molecule has 0 radical (unpaired) electrons. The van der Waals surface area contributed by atoms with Gasteiger partial charge in [0.1, 0.15) is 5.75 Å². The zero-order chi connectivity index (χ0) is 27.6. The number of ether oxygens (including phenoxy) is 1. The summed E-state index contributed by atoms with van der Waals surface area (Å²) in [6, 6.07) is 15.6. The van der Waals surface area contributed by atoms with E-state index in [0.717, 1.165) is 49.5 Å². The van der Waals surface area contributed by atoms with Crippen LogP contribution in [0, 0.1) is 5.92 Å². The predicted molar refractivity (Wildman–Crippen MR) is 157 cm³/mol. The van der Waals surface area contributed by atoms with Gasteiger partial charge >= 0.3 is 0 Å². The number of hydrogen-bond acceptors (Lipinski definition) is 5. The average molecular weight is 535 g/mol. The smallest absolute Gasteiger partial charge is 0.254 e. The number of nitrogens with zero attached hydrogens (tertiary/aromatic N) is 4. The second-order valence-electron chi connectivity index (χ2n) is 11.4. The molecule has 2 aliphatic heterocycles. The van der Waals surface area contributed by atoms with E-state index in [1.807, 2.05) is 58.3 Å². The standard InChI is InChI=1S/C32H46N4O3/c1-26(2)23-31(37)36-19-9-15-33(3)20-21-35(25-28-11-4-5-14-30(28)36)32(38)27-12-8-13-29(24-27)39-22-10-18-34-16-6-7-17-34/h4-5,8,11-14,24,26H,6-7,9-10,15-23,25H2,1-3H3. The van der Waals surface area contributed by atoms with Crippen LogP contribution in [0.1, 0.15) is 61.9 Å². The third-order valence-corrected chi connectivity index (χ3v) is 7.66. The molecule has 2 aliphatic rings. The van der Waals surface area contributed by atoms with Crippen molar-refractivity contribution in [2.75, 3.05) is 64.4 Å². The molecule has 4 rings (SSSR count). The molecule has 7 heteroatoms. The Balaban J connectivity index is 1.50. The van der Waals surface area contributed by atoms with Crippen LogP contribution in [-0.2, 0) is 11.3 Å². The van der Waals surface area contributed by atoms with Gasteiger partial charge < -0.3 is 24.3 Å². The molecule has 0 unspecified atom stereocenters. The molecular formula is C32H46N4O3. The van der Waals surface area contributed by atoms with Gasteiger partial charge in [-0.2, -0.15) is 0 Å². The summed E-state index contributed by atoms with van der Waals surface area (Å²) >= 11 is 0. The summed E-state index contributed by atoms with van der Waals surface area (Å²) in [6.07, 6.45) is 4.99. The topological polar surface area (TPSA) is 56.3 Å². The second kappa shape index (κ2) is 14.5. The Morgan fingerprint density at radius 2 is 1.69 bits per heavy atom. The van der Waals surface area contributed by atoms with Crippen molar-refractivity contribution in [3.63, 3.8) is 0 Å². The fraction of sp³-hybridized carbons (Fsp3) is 0.562. The highest BCUT2D eigenvalue weighted by atomic mass is 16.5. The van der Waals surface area contributed by atoms with Gasteiger partial charge in [0.05, 0.1) is 6.61 Å². The van der Waals surface area contributed by atoms with Gasteiger partial charge in [0, 0.05) is 50.4 Å². The molecule has 0 atom stereocenters. The predicted octanol–water partition coefficient (Wildman–Crippen LogP) is 4.91. The number of amides is 2. The van der Waals surface area contributed by atoms with E-state index in [-0.39, 0.29) is 11.8 Å². The van der Waals surface area contributed by atoms with Crippen LogP contribution in [0.4, 0.5) is 5.69 Å². The van der Waals surface area contributed by atoms with E-state index >= 15 is 0 Å². The highest BCUT2D eigenvalue weighted by Crippen LogP contribution is 2.26. The van der Waals surface area contributed by atoms with Crippen LogP contribution in [0.3, 0.4) is 0 Å². The van der Waals surface area contributed by atoms with E-state index in [0.29, 0.717) is 44.1 Å². The highest BCUT2D eigenvalue weighted by molar-refractivity contribution is 5.96. The summed E-state index contributed by atoms with van der Waals surface area (Å²) in [5.74, 6) is 1.16. The van der Waals surface area contributed by atoms with Crippen LogP contribution >= 0.6 is 0 Å². The molecular weight excluding hydrogens is 488 g/mol. The Hall–Kier alpha value is -2.90. The number of benzene rings is 2. The van der Waals surface area contributed by atoms with Crippen LogP contribution in [0.5, 0.6) is 5.75 Å². The molecule has 1 saturated heterocycles. The van der Waals surface area contributed by atoms with Crippen LogP contribution in [0.15, 0.2) is 48.5 Å². The van der Waals surface area contributed by atoms with Crippen molar-refractivity contribution in [3.8, 4) is 5.75 Å². The fourth-order valence-corrected chi connectivity index (χ4v) is 5.49. The van der Waals surface area contributed by atoms with Gasteiger partial charge in [0.25, 0.3) is 5.91 Å². The quantitative estimate of drug-likeness (QED) is 0.451. The van der Waals surface area contributed by atoms with E-state index < -0.39 is 0 Å². The maximum atomic E-state index is 13.8. The Bertz CT molecular complexity index is 1080. The first-order valence-corrected chi connectivity index (χ1v) is 14.7. The van der Waals surface area contributed by atoms with Gasteiger partial charge in [-0.25, -0.2) is 0 Å². The molecule has 0 aliphatic carbocycles. The molecule has 0 spiro atoms. The number of anilines is 1. The van der Waals surface area contributed by atoms with E-state index in [1.54, 1.807) is 0 Å². The van der Waals surface area contributed by atoms with Crippen molar-refractivity contribution in [1.29, 1.82) is 0 Å². The van der Waals surface area contributed by atoms with Crippen molar-refractivity contribution < 1.29 is 14.3 Å². The minimum Gasteiger partial charge on any atom is -0.494 e. The van der Waals surface area contributed by atoms with Crippen LogP contribution in [-0.4, -0.2) is 86.0 Å². The monoisotopic (exact) mass is 534 g/mol. The summed E-state index contributed by atoms with van der Waals surface area (Å²) < 4.78 is 6.04. The number of rotatable bonds is 8. The summed E-state index contributed by atoms with van der Waals surface area (Å²) in [5.41, 5.74) is 2.55. The third-order valence-electron chi connectivity index (χ3n) is 7.66. The Kier molecular flexibility index (Phi) is 10.8. The number of para-hydroxylation sites is 1. The summed E-state index contributed by atoms with van der Waals surface area (Å²) in [4.78, 5) is 35.7. The molecule has 0 N–H and O–H groups in total. The fourth-order valence-electron chi connectivity index (χ4n) is 5.49. The molecule has 1 fully saturated rings. The van der Waals surface area contributed by atoms with Gasteiger partial charge in [0.15, 0.2) is 0 Å². The molecule has 7 nitrogen and oxygen atoms in total. The van der Waals surface area contributed by atoms with Crippen molar-refractivity contribution in [2.45, 2.75) is 52.5 Å². The number of likely N-dealkylation sites (N-methyl/N-ethyl adjacent to an activating group) is 1. The zero-order valence-electron chi connectivity index (χ0n) is 24.1. The molecule has 0 aromatic heterocycles. The van der Waals surface area contributed by atoms with Crippen LogP contribution in [0.25, 0.3) is 0 Å². The van der Waals surface area contributed by atoms with Crippen molar-refractivity contribution in [3.05, 3.63) is 59.7 Å². The first kappa shape index (κ1) is 29.1. The lowest BCUT2D eigenvalue weighted by Crippen LogP contribution is -2.37. The number of hydrogen-bond donors (Lipinski definition) is 0. The van der Waals surface area contributed by atoms with E-state index in [1.165, 1.54) is 25.9 Å². The lowest BCUT2D eigenvalue weighted by atomic mass is 10.1. The van der Waals surface area contributed by atoms with Crippen LogP contribution in [0.2, 0.25) is 0 Å². The van der Waals surface area contributed by atoms with Gasteiger partial charge in [0.2, 0.25) is 5.91 Å². The number of fused-ring (bicyclic) bond motifs is 1. The van der Waals surface area contributed by atoms with E-state index in [2.05, 4.69) is 30.7 Å². The normalized spacial score (nSPS) is 17.6. The first-order chi connectivity index (χ1) is 18.9. The Labute approximate surface area is 234 Å². The molecule has 0 bridgehead atoms. The first-order valence-electron chi connectivity index (χ1n) is 14.7. The molecule has 0 saturated carbocycles. The lowest BCUT2D eigenvalue weighted by molar-refractivity contribution is -0.119. The minimum atomic E-state index is -0.0139. The number of carbonyl (C=O) groups excluding carboxylic acids is 2. The Morgan fingerprint density at radius 1 is 0.897 bits per heavy atom. The minimum absolute atomic E-state index is 0.0139. The molecule has 2 heterocycles. The SMILES string of the molecule is CC(C)CC(=O)N1CCCN(C)CCN(C(=O)c2cccc(OCCCN3CCCC3)c2)Cc2ccccc21. The van der Waals surface area contributed by atoms with E-state index in [4.69, 9.17) is 4.74 Å². The maximum Gasteiger partial charge on any atom is 0.254 e. The Morgan fingerprint density at radius 3 is 2.49 bits per heavy atom. The number of likely N-dealkylation sites (tertiary alicyclic amines) is 1. The molecule has 39 heavy (non-hydrogen) atoms. The van der Waals surface area contributed by atoms with Crippen molar-refractivity contribution >= 4 is 17.5 Å². The summed E-state index contributed by atoms with van der Waals surface area (Å²) in [6.45, 7) is 11.7. The molecule has 2 amide bonds. The van der Waals surface area contributed by atoms with Crippen LogP contribution < -0.4 is 9.64 Å². The molecule has 2 aromatic rings. The summed E-state index contributed by atoms with van der Waals surface area (Å²) in [5, 5.41) is 0. The largest absolute Gasteiger partial charge is 0.494 e. The molecule has 2 aromatic carbocycles. The lowest BCUT2D eigenvalue weighted by Gasteiger charge is -2.28. The second-order valence-corrected chi connectivity index (χ2v) is 11.4. The molecule has 212 valence electrons. The zero-order valence-corrected chi connectivity index (χ0v) is 24.1. The highest BCUT2D eigenvalue weighted by Gasteiger charge is 2.24. The third kappa shape index (κ3) is 8.54. The van der Waals surface area contributed by atoms with Crippen molar-refractivity contribution in [2.24, 2.45) is 5.92 Å². The number of carbonyl (C=O) groups is 2. The average Bonchev–Trinajstić information content (AvgIpc) is 3.44. The maximum absolute atomic E-state index is 13.8. The van der Waals surface area contributed by atoms with Gasteiger partial charge in [-0.1, -0.05) is 38.1 Å². The van der Waals surface area contributed by atoms with E-state index in [9.17, 15) is 9.59 Å². The summed E-state index contributed by atoms with van der Waals surface area (Å²) in [7, 11) is 2.09. The van der Waals surface area contributed by atoms with Crippen molar-refractivity contribution in [1.82, 2.24) is 14.7 Å². The van der Waals surface area contributed by atoms with Gasteiger partial charge in [-0.05, 0) is 88.1 Å². The van der Waals surface area contributed by atoms with Gasteiger partial charge in [-0.15, -0.1) is 0 Å².